The summed E-state index contributed by atoms with van der Waals surface area (Å²) in [5, 5.41) is 24.2. The first-order valence-corrected chi connectivity index (χ1v) is 12.1. The fourth-order valence-electron chi connectivity index (χ4n) is 5.13. The van der Waals surface area contributed by atoms with E-state index in [-0.39, 0.29) is 31.5 Å². The van der Waals surface area contributed by atoms with Crippen LogP contribution in [0.4, 0.5) is 10.3 Å². The number of benzene rings is 1. The Kier molecular flexibility index (Phi) is 6.59. The molecule has 0 spiro atoms. The number of nitrogens with zero attached hydrogens (tertiary/aromatic N) is 5. The summed E-state index contributed by atoms with van der Waals surface area (Å²) >= 11 is 0. The molecule has 36 heavy (non-hydrogen) atoms. The van der Waals surface area contributed by atoms with Crippen molar-refractivity contribution in [2.75, 3.05) is 25.5 Å². The summed E-state index contributed by atoms with van der Waals surface area (Å²) in [7, 11) is 1.65. The number of carbonyl (C=O) groups is 1. The SMILES string of the molecule is CC1C=C(c2cnc(NCc3c(F)c(CN(C)CC(=O)O)cc4c3CCO4)n3cnnc23)CC(C)N1. The smallest absolute Gasteiger partial charge is 0.317 e. The fourth-order valence-corrected chi connectivity index (χ4v) is 5.13. The normalized spacial score (nSPS) is 19.3. The van der Waals surface area contributed by atoms with Crippen molar-refractivity contribution in [1.29, 1.82) is 0 Å². The summed E-state index contributed by atoms with van der Waals surface area (Å²) in [5.74, 6) is -0.169. The Hall–Kier alpha value is -3.57. The first kappa shape index (κ1) is 24.1. The lowest BCUT2D eigenvalue weighted by atomic mass is 9.95. The highest BCUT2D eigenvalue weighted by Crippen LogP contribution is 2.34. The molecule has 5 rings (SSSR count). The lowest BCUT2D eigenvalue weighted by molar-refractivity contribution is -0.138. The van der Waals surface area contributed by atoms with Crippen LogP contribution in [0.15, 0.2) is 24.7 Å². The largest absolute Gasteiger partial charge is 0.493 e. The molecule has 2 aliphatic rings. The third kappa shape index (κ3) is 4.76. The van der Waals surface area contributed by atoms with Crippen molar-refractivity contribution in [2.24, 2.45) is 0 Å². The average Bonchev–Trinajstić information content (AvgIpc) is 3.47. The molecule has 1 aromatic carbocycles. The van der Waals surface area contributed by atoms with Crippen molar-refractivity contribution in [3.63, 3.8) is 0 Å². The van der Waals surface area contributed by atoms with E-state index in [2.05, 4.69) is 45.7 Å². The van der Waals surface area contributed by atoms with Crippen molar-refractivity contribution in [2.45, 2.75) is 51.9 Å². The van der Waals surface area contributed by atoms with Crippen LogP contribution in [0.1, 0.15) is 42.5 Å². The minimum Gasteiger partial charge on any atom is -0.493 e. The van der Waals surface area contributed by atoms with Gasteiger partial charge in [-0.25, -0.2) is 9.37 Å². The Morgan fingerprint density at radius 3 is 3.03 bits per heavy atom. The second kappa shape index (κ2) is 9.82. The van der Waals surface area contributed by atoms with Gasteiger partial charge in [-0.15, -0.1) is 10.2 Å². The Balaban J connectivity index is 1.43. The third-order valence-corrected chi connectivity index (χ3v) is 6.60. The number of nitrogens with one attached hydrogen (secondary N) is 2. The number of aromatic nitrogens is 4. The number of carboxylic acid groups (broad SMARTS) is 1. The first-order chi connectivity index (χ1) is 17.3. The number of anilines is 1. The van der Waals surface area contributed by atoms with Crippen LogP contribution in [-0.2, 0) is 24.3 Å². The minimum absolute atomic E-state index is 0.158. The molecule has 2 aliphatic heterocycles. The molecule has 0 bridgehead atoms. The van der Waals surface area contributed by atoms with Crippen molar-refractivity contribution >= 4 is 23.1 Å². The molecule has 3 aromatic rings. The number of carboxylic acids is 1. The summed E-state index contributed by atoms with van der Waals surface area (Å²) < 4.78 is 23.1. The number of halogens is 1. The highest BCUT2D eigenvalue weighted by atomic mass is 19.1. The number of aliphatic carboxylic acids is 1. The Bertz CT molecular complexity index is 1340. The van der Waals surface area contributed by atoms with Gasteiger partial charge in [0.1, 0.15) is 17.9 Å². The standard InChI is InChI=1S/C25H30FN7O3/c1-14-6-16(7-15(2)30-14)19-9-27-25(33-13-29-31-24(19)33)28-10-20-18-4-5-36-21(18)8-17(23(20)26)11-32(3)12-22(34)35/h6,8-9,13-15,30H,4-5,7,10-12H2,1-3H3,(H,27,28)(H,34,35). The highest BCUT2D eigenvalue weighted by Gasteiger charge is 2.25. The van der Waals surface area contributed by atoms with Gasteiger partial charge in [-0.2, -0.15) is 0 Å². The van der Waals surface area contributed by atoms with Gasteiger partial charge < -0.3 is 20.5 Å². The van der Waals surface area contributed by atoms with Gasteiger partial charge in [0.15, 0.2) is 5.65 Å². The van der Waals surface area contributed by atoms with E-state index in [9.17, 15) is 4.79 Å². The molecule has 10 nitrogen and oxygen atoms in total. The molecular weight excluding hydrogens is 465 g/mol. The summed E-state index contributed by atoms with van der Waals surface area (Å²) in [6, 6.07) is 2.27. The number of fused-ring (bicyclic) bond motifs is 2. The number of likely N-dealkylation sites (N-methyl/N-ethyl adjacent to an activating group) is 1. The number of ether oxygens (including phenoxy) is 1. The number of hydrogen-bond acceptors (Lipinski definition) is 8. The van der Waals surface area contributed by atoms with Crippen LogP contribution in [0.5, 0.6) is 5.75 Å². The van der Waals surface area contributed by atoms with Crippen LogP contribution in [0, 0.1) is 5.82 Å². The molecule has 3 N–H and O–H groups in total. The van der Waals surface area contributed by atoms with E-state index in [1.54, 1.807) is 34.9 Å². The maximum absolute atomic E-state index is 15.6. The number of hydrogen-bond donors (Lipinski definition) is 3. The molecule has 0 saturated carbocycles. The van der Waals surface area contributed by atoms with Crippen molar-refractivity contribution in [3.05, 3.63) is 52.7 Å². The summed E-state index contributed by atoms with van der Waals surface area (Å²) in [6.07, 6.45) is 7.06. The van der Waals surface area contributed by atoms with E-state index in [0.717, 1.165) is 17.5 Å². The maximum atomic E-state index is 15.6. The van der Waals surface area contributed by atoms with E-state index in [0.29, 0.717) is 47.5 Å². The maximum Gasteiger partial charge on any atom is 0.317 e. The van der Waals surface area contributed by atoms with Gasteiger partial charge in [0, 0.05) is 60.0 Å². The predicted molar refractivity (Wildman–Crippen MR) is 132 cm³/mol. The molecule has 2 atom stereocenters. The van der Waals surface area contributed by atoms with Gasteiger partial charge >= 0.3 is 5.97 Å². The van der Waals surface area contributed by atoms with E-state index in [1.807, 2.05) is 0 Å². The van der Waals surface area contributed by atoms with Crippen LogP contribution in [0.3, 0.4) is 0 Å². The number of rotatable bonds is 8. The molecule has 0 aliphatic carbocycles. The molecule has 2 aromatic heterocycles. The van der Waals surface area contributed by atoms with E-state index >= 15 is 4.39 Å². The molecule has 0 radical (unpaired) electrons. The lowest BCUT2D eigenvalue weighted by Gasteiger charge is -2.26. The molecular formula is C25H30FN7O3. The Morgan fingerprint density at radius 1 is 1.42 bits per heavy atom. The molecule has 0 fully saturated rings. The summed E-state index contributed by atoms with van der Waals surface area (Å²) in [4.78, 5) is 17.2. The monoisotopic (exact) mass is 495 g/mol. The van der Waals surface area contributed by atoms with Gasteiger partial charge in [0.25, 0.3) is 0 Å². The molecule has 2 unspecified atom stereocenters. The van der Waals surface area contributed by atoms with Crippen LogP contribution < -0.4 is 15.4 Å². The van der Waals surface area contributed by atoms with Gasteiger partial charge in [-0.3, -0.25) is 14.1 Å². The topological polar surface area (TPSA) is 117 Å². The molecule has 11 heteroatoms. The summed E-state index contributed by atoms with van der Waals surface area (Å²) in [5.41, 5.74) is 4.52. The van der Waals surface area contributed by atoms with E-state index < -0.39 is 5.97 Å². The van der Waals surface area contributed by atoms with Crippen molar-refractivity contribution < 1.29 is 19.0 Å². The van der Waals surface area contributed by atoms with Gasteiger partial charge in [-0.1, -0.05) is 6.08 Å². The zero-order valence-corrected chi connectivity index (χ0v) is 20.6. The summed E-state index contributed by atoms with van der Waals surface area (Å²) in [6.45, 7) is 4.92. The quantitative estimate of drug-likeness (QED) is 0.433. The van der Waals surface area contributed by atoms with Crippen LogP contribution in [-0.4, -0.2) is 67.8 Å². The second-order valence-corrected chi connectivity index (χ2v) is 9.60. The second-order valence-electron chi connectivity index (χ2n) is 9.60. The van der Waals surface area contributed by atoms with Gasteiger partial charge in [-0.05, 0) is 39.0 Å². The van der Waals surface area contributed by atoms with Crippen LogP contribution in [0.2, 0.25) is 0 Å². The highest BCUT2D eigenvalue weighted by molar-refractivity contribution is 5.77. The van der Waals surface area contributed by atoms with Crippen LogP contribution >= 0.6 is 0 Å². The average molecular weight is 496 g/mol. The van der Waals surface area contributed by atoms with Crippen molar-refractivity contribution in [1.82, 2.24) is 29.8 Å². The third-order valence-electron chi connectivity index (χ3n) is 6.60. The molecule has 190 valence electrons. The molecule has 0 amide bonds. The zero-order valence-electron chi connectivity index (χ0n) is 20.6. The van der Waals surface area contributed by atoms with Crippen LogP contribution in [0.25, 0.3) is 11.2 Å². The minimum atomic E-state index is -0.964. The fraction of sp³-hybridized carbons (Fsp3) is 0.440. The zero-order chi connectivity index (χ0) is 25.4. The Labute approximate surface area is 208 Å². The van der Waals surface area contributed by atoms with Gasteiger partial charge in [0.2, 0.25) is 5.95 Å². The predicted octanol–water partition coefficient (Wildman–Crippen LogP) is 2.48. The van der Waals surface area contributed by atoms with E-state index in [4.69, 9.17) is 9.84 Å². The molecule has 0 saturated heterocycles. The Morgan fingerprint density at radius 2 is 2.25 bits per heavy atom. The molecule has 4 heterocycles. The van der Waals surface area contributed by atoms with E-state index in [1.165, 1.54) is 5.57 Å². The van der Waals surface area contributed by atoms with Gasteiger partial charge in [0.05, 0.1) is 13.2 Å². The van der Waals surface area contributed by atoms with Crippen molar-refractivity contribution in [3.8, 4) is 5.75 Å². The first-order valence-electron chi connectivity index (χ1n) is 12.1. The lowest BCUT2D eigenvalue weighted by Crippen LogP contribution is -2.36.